The molecule has 4 nitrogen and oxygen atoms in total. The molecule has 0 amide bonds. The van der Waals surface area contributed by atoms with Gasteiger partial charge in [-0.3, -0.25) is 0 Å². The van der Waals surface area contributed by atoms with Crippen molar-refractivity contribution in [3.63, 3.8) is 0 Å². The van der Waals surface area contributed by atoms with Gasteiger partial charge in [0.15, 0.2) is 5.82 Å². The quantitative estimate of drug-likeness (QED) is 0.926. The summed E-state index contributed by atoms with van der Waals surface area (Å²) in [7, 11) is 0. The maximum atomic E-state index is 5.77. The fourth-order valence-electron chi connectivity index (χ4n) is 1.93. The summed E-state index contributed by atoms with van der Waals surface area (Å²) in [5.74, 6) is 2.29. The molecule has 0 radical (unpaired) electrons. The van der Waals surface area contributed by atoms with Crippen molar-refractivity contribution in [2.24, 2.45) is 0 Å². The molecule has 1 aromatic carbocycles. The van der Waals surface area contributed by atoms with Crippen LogP contribution in [-0.4, -0.2) is 15.0 Å². The number of anilines is 1. The highest BCUT2D eigenvalue weighted by Crippen LogP contribution is 2.38. The Labute approximate surface area is 114 Å². The molecule has 0 atom stereocenters. The summed E-state index contributed by atoms with van der Waals surface area (Å²) in [4.78, 5) is 13.0. The molecule has 1 fully saturated rings. The Morgan fingerprint density at radius 3 is 2.67 bits per heavy atom. The molecule has 0 unspecified atom stereocenters. The van der Waals surface area contributed by atoms with Crippen LogP contribution >= 0.6 is 15.9 Å². The third-order valence-electron chi connectivity index (χ3n) is 3.04. The SMILES string of the molecule is Cc1cc(Br)ccc1-c1nc(N)nc(C2CC2)n1. The molecule has 1 heterocycles. The first kappa shape index (κ1) is 11.6. The summed E-state index contributed by atoms with van der Waals surface area (Å²) in [5.41, 5.74) is 7.90. The second-order valence-corrected chi connectivity index (χ2v) is 5.52. The minimum atomic E-state index is 0.309. The Hall–Kier alpha value is -1.49. The number of rotatable bonds is 2. The number of nitrogens with zero attached hydrogens (tertiary/aromatic N) is 3. The van der Waals surface area contributed by atoms with Crippen molar-refractivity contribution < 1.29 is 0 Å². The molecule has 2 N–H and O–H groups in total. The van der Waals surface area contributed by atoms with Crippen molar-refractivity contribution in [1.29, 1.82) is 0 Å². The standard InChI is InChI=1S/C13H13BrN4/c1-7-6-9(14)4-5-10(7)12-16-11(8-2-3-8)17-13(15)18-12/h4-6,8H,2-3H2,1H3,(H2,15,16,17,18). The van der Waals surface area contributed by atoms with Crippen LogP contribution in [0.2, 0.25) is 0 Å². The van der Waals surface area contributed by atoms with Crippen molar-refractivity contribution in [3.8, 4) is 11.4 Å². The summed E-state index contributed by atoms with van der Waals surface area (Å²) in [6, 6.07) is 6.04. The summed E-state index contributed by atoms with van der Waals surface area (Å²) >= 11 is 3.45. The van der Waals surface area contributed by atoms with Gasteiger partial charge in [-0.15, -0.1) is 0 Å². The van der Waals surface area contributed by atoms with Crippen LogP contribution in [0.15, 0.2) is 22.7 Å². The number of aromatic nitrogens is 3. The predicted octanol–water partition coefficient (Wildman–Crippen LogP) is 3.07. The van der Waals surface area contributed by atoms with Gasteiger partial charge in [0.25, 0.3) is 0 Å². The highest BCUT2D eigenvalue weighted by atomic mass is 79.9. The average molecular weight is 305 g/mol. The normalized spacial score (nSPS) is 14.8. The number of nitrogen functional groups attached to an aromatic ring is 1. The smallest absolute Gasteiger partial charge is 0.223 e. The van der Waals surface area contributed by atoms with Gasteiger partial charge in [-0.25, -0.2) is 4.98 Å². The summed E-state index contributed by atoms with van der Waals surface area (Å²) < 4.78 is 1.05. The van der Waals surface area contributed by atoms with Crippen LogP contribution in [0.3, 0.4) is 0 Å². The van der Waals surface area contributed by atoms with E-state index in [1.54, 1.807) is 0 Å². The van der Waals surface area contributed by atoms with Crippen LogP contribution < -0.4 is 5.73 Å². The second kappa shape index (κ2) is 4.31. The number of halogens is 1. The Morgan fingerprint density at radius 1 is 1.22 bits per heavy atom. The van der Waals surface area contributed by atoms with Crippen LogP contribution in [0.1, 0.15) is 30.1 Å². The van der Waals surface area contributed by atoms with E-state index in [0.29, 0.717) is 17.7 Å². The van der Waals surface area contributed by atoms with Gasteiger partial charge < -0.3 is 5.73 Å². The minimum Gasteiger partial charge on any atom is -0.368 e. The summed E-state index contributed by atoms with van der Waals surface area (Å²) in [6.45, 7) is 2.04. The zero-order chi connectivity index (χ0) is 12.7. The Kier molecular flexibility index (Phi) is 2.78. The summed E-state index contributed by atoms with van der Waals surface area (Å²) in [5, 5.41) is 0. The number of hydrogen-bond donors (Lipinski definition) is 1. The first-order chi connectivity index (χ1) is 8.63. The van der Waals surface area contributed by atoms with Crippen molar-refractivity contribution in [2.45, 2.75) is 25.7 Å². The monoisotopic (exact) mass is 304 g/mol. The molecule has 5 heteroatoms. The molecular weight excluding hydrogens is 292 g/mol. The molecular formula is C13H13BrN4. The Bertz CT molecular complexity index is 608. The Morgan fingerprint density at radius 2 is 2.00 bits per heavy atom. The lowest BCUT2D eigenvalue weighted by molar-refractivity contribution is 0.901. The van der Waals surface area contributed by atoms with Crippen LogP contribution in [0, 0.1) is 6.92 Å². The molecule has 0 saturated heterocycles. The predicted molar refractivity (Wildman–Crippen MR) is 74.1 cm³/mol. The van der Waals surface area contributed by atoms with Crippen molar-refractivity contribution in [1.82, 2.24) is 15.0 Å². The zero-order valence-corrected chi connectivity index (χ0v) is 11.6. The number of aryl methyl sites for hydroxylation is 1. The van der Waals surface area contributed by atoms with Gasteiger partial charge in [0.1, 0.15) is 5.82 Å². The zero-order valence-electron chi connectivity index (χ0n) is 10.0. The van der Waals surface area contributed by atoms with Gasteiger partial charge in [0, 0.05) is 16.0 Å². The van der Waals surface area contributed by atoms with Gasteiger partial charge in [-0.2, -0.15) is 9.97 Å². The van der Waals surface area contributed by atoms with Gasteiger partial charge in [-0.1, -0.05) is 15.9 Å². The summed E-state index contributed by atoms with van der Waals surface area (Å²) in [6.07, 6.45) is 2.31. The van der Waals surface area contributed by atoms with Gasteiger partial charge in [0.05, 0.1) is 0 Å². The molecule has 0 bridgehead atoms. The second-order valence-electron chi connectivity index (χ2n) is 4.61. The Balaban J connectivity index is 2.10. The van der Waals surface area contributed by atoms with Gasteiger partial charge in [-0.05, 0) is 43.5 Å². The largest absolute Gasteiger partial charge is 0.368 e. The molecule has 1 aromatic heterocycles. The molecule has 0 spiro atoms. The van der Waals surface area contributed by atoms with Crippen LogP contribution in [-0.2, 0) is 0 Å². The number of benzene rings is 1. The third kappa shape index (κ3) is 2.22. The minimum absolute atomic E-state index is 0.309. The van der Waals surface area contributed by atoms with E-state index >= 15 is 0 Å². The maximum Gasteiger partial charge on any atom is 0.223 e. The molecule has 1 saturated carbocycles. The van der Waals surface area contributed by atoms with Crippen molar-refractivity contribution in [3.05, 3.63) is 34.1 Å². The van der Waals surface area contributed by atoms with Gasteiger partial charge >= 0.3 is 0 Å². The van der Waals surface area contributed by atoms with E-state index in [-0.39, 0.29) is 0 Å². The van der Waals surface area contributed by atoms with E-state index in [9.17, 15) is 0 Å². The first-order valence-corrected chi connectivity index (χ1v) is 6.71. The number of nitrogens with two attached hydrogens (primary N) is 1. The molecule has 0 aliphatic heterocycles. The fourth-order valence-corrected chi connectivity index (χ4v) is 2.41. The van der Waals surface area contributed by atoms with Crippen molar-refractivity contribution >= 4 is 21.9 Å². The van der Waals surface area contributed by atoms with E-state index in [0.717, 1.165) is 34.3 Å². The molecule has 1 aliphatic rings. The van der Waals surface area contributed by atoms with E-state index in [1.165, 1.54) is 0 Å². The van der Waals surface area contributed by atoms with Crippen LogP contribution in [0.5, 0.6) is 0 Å². The highest BCUT2D eigenvalue weighted by molar-refractivity contribution is 9.10. The van der Waals surface area contributed by atoms with E-state index in [1.807, 2.05) is 25.1 Å². The third-order valence-corrected chi connectivity index (χ3v) is 3.54. The van der Waals surface area contributed by atoms with E-state index in [4.69, 9.17) is 5.73 Å². The maximum absolute atomic E-state index is 5.77. The van der Waals surface area contributed by atoms with Crippen LogP contribution in [0.25, 0.3) is 11.4 Å². The van der Waals surface area contributed by atoms with E-state index < -0.39 is 0 Å². The molecule has 3 rings (SSSR count). The van der Waals surface area contributed by atoms with Crippen molar-refractivity contribution in [2.75, 3.05) is 5.73 Å². The molecule has 18 heavy (non-hydrogen) atoms. The molecule has 1 aliphatic carbocycles. The highest BCUT2D eigenvalue weighted by Gasteiger charge is 2.27. The topological polar surface area (TPSA) is 64.7 Å². The fraction of sp³-hybridized carbons (Fsp3) is 0.308. The molecule has 92 valence electrons. The average Bonchev–Trinajstić information content (AvgIpc) is 3.11. The number of hydrogen-bond acceptors (Lipinski definition) is 4. The van der Waals surface area contributed by atoms with E-state index in [2.05, 4.69) is 30.9 Å². The molecule has 2 aromatic rings. The lowest BCUT2D eigenvalue weighted by Crippen LogP contribution is -2.04. The lowest BCUT2D eigenvalue weighted by atomic mass is 10.1. The van der Waals surface area contributed by atoms with Crippen LogP contribution in [0.4, 0.5) is 5.95 Å². The lowest BCUT2D eigenvalue weighted by Gasteiger charge is -2.07. The first-order valence-electron chi connectivity index (χ1n) is 5.91. The van der Waals surface area contributed by atoms with Gasteiger partial charge in [0.2, 0.25) is 5.95 Å².